The standard InChI is InChI=1S/C15H21N3O/c1-10(2)7-12(8-16)15(19)18-14-6-4-5-11(3)13(14)9-17/h4-6,10,12H,7-8,16H2,1-3H3,(H,18,19). The van der Waals surface area contributed by atoms with E-state index in [0.717, 1.165) is 12.0 Å². The lowest BCUT2D eigenvalue weighted by Gasteiger charge is -2.17. The highest BCUT2D eigenvalue weighted by atomic mass is 16.1. The quantitative estimate of drug-likeness (QED) is 0.852. The van der Waals surface area contributed by atoms with Gasteiger partial charge in [0.1, 0.15) is 6.07 Å². The second-order valence-corrected chi connectivity index (χ2v) is 5.16. The largest absolute Gasteiger partial charge is 0.330 e. The average Bonchev–Trinajstić information content (AvgIpc) is 2.35. The molecule has 1 atom stereocenters. The Balaban J connectivity index is 2.88. The summed E-state index contributed by atoms with van der Waals surface area (Å²) < 4.78 is 0. The van der Waals surface area contributed by atoms with Crippen LogP contribution in [0.3, 0.4) is 0 Å². The molecule has 0 saturated heterocycles. The number of rotatable bonds is 5. The molecule has 102 valence electrons. The highest BCUT2D eigenvalue weighted by Gasteiger charge is 2.19. The summed E-state index contributed by atoms with van der Waals surface area (Å²) in [5.41, 5.74) is 7.58. The molecule has 0 aliphatic rings. The number of aryl methyl sites for hydroxylation is 1. The first kappa shape index (κ1) is 15.2. The Kier molecular flexibility index (Phi) is 5.53. The zero-order valence-electron chi connectivity index (χ0n) is 11.7. The van der Waals surface area contributed by atoms with Gasteiger partial charge in [-0.25, -0.2) is 0 Å². The monoisotopic (exact) mass is 259 g/mol. The smallest absolute Gasteiger partial charge is 0.228 e. The lowest BCUT2D eigenvalue weighted by Crippen LogP contribution is -2.30. The van der Waals surface area contributed by atoms with E-state index in [2.05, 4.69) is 25.2 Å². The molecular weight excluding hydrogens is 238 g/mol. The van der Waals surface area contributed by atoms with Crippen LogP contribution in [0.15, 0.2) is 18.2 Å². The molecule has 4 nitrogen and oxygen atoms in total. The van der Waals surface area contributed by atoms with Crippen LogP contribution in [0.5, 0.6) is 0 Å². The van der Waals surface area contributed by atoms with Gasteiger partial charge in [-0.3, -0.25) is 4.79 Å². The zero-order chi connectivity index (χ0) is 14.4. The molecule has 1 aromatic rings. The van der Waals surface area contributed by atoms with Gasteiger partial charge >= 0.3 is 0 Å². The first-order chi connectivity index (χ1) is 8.99. The maximum absolute atomic E-state index is 12.2. The van der Waals surface area contributed by atoms with Crippen LogP contribution in [0.1, 0.15) is 31.4 Å². The molecular formula is C15H21N3O. The van der Waals surface area contributed by atoms with Crippen molar-refractivity contribution >= 4 is 11.6 Å². The van der Waals surface area contributed by atoms with E-state index in [1.54, 1.807) is 6.07 Å². The van der Waals surface area contributed by atoms with Crippen LogP contribution in [-0.2, 0) is 4.79 Å². The molecule has 0 radical (unpaired) electrons. The summed E-state index contributed by atoms with van der Waals surface area (Å²) >= 11 is 0. The molecule has 0 aromatic heterocycles. The van der Waals surface area contributed by atoms with Crippen molar-refractivity contribution in [2.45, 2.75) is 27.2 Å². The molecule has 0 heterocycles. The van der Waals surface area contributed by atoms with Gasteiger partial charge in [0, 0.05) is 6.54 Å². The number of nitrogens with zero attached hydrogens (tertiary/aromatic N) is 1. The van der Waals surface area contributed by atoms with Crippen LogP contribution in [-0.4, -0.2) is 12.5 Å². The predicted molar refractivity (Wildman–Crippen MR) is 76.5 cm³/mol. The van der Waals surface area contributed by atoms with Crippen LogP contribution >= 0.6 is 0 Å². The van der Waals surface area contributed by atoms with Crippen molar-refractivity contribution in [3.8, 4) is 6.07 Å². The maximum atomic E-state index is 12.2. The molecule has 0 bridgehead atoms. The normalized spacial score (nSPS) is 12.0. The van der Waals surface area contributed by atoms with Crippen LogP contribution < -0.4 is 11.1 Å². The number of carbonyl (C=O) groups is 1. The molecule has 3 N–H and O–H groups in total. The van der Waals surface area contributed by atoms with E-state index in [0.29, 0.717) is 23.7 Å². The van der Waals surface area contributed by atoms with E-state index in [-0.39, 0.29) is 11.8 Å². The average molecular weight is 259 g/mol. The fourth-order valence-electron chi connectivity index (χ4n) is 2.03. The minimum atomic E-state index is -0.216. The summed E-state index contributed by atoms with van der Waals surface area (Å²) in [7, 11) is 0. The van der Waals surface area contributed by atoms with Crippen LogP contribution in [0.4, 0.5) is 5.69 Å². The van der Waals surface area contributed by atoms with Crippen molar-refractivity contribution < 1.29 is 4.79 Å². The summed E-state index contributed by atoms with van der Waals surface area (Å²) in [6, 6.07) is 7.54. The molecule has 0 saturated carbocycles. The Labute approximate surface area is 114 Å². The van der Waals surface area contributed by atoms with Crippen molar-refractivity contribution in [2.75, 3.05) is 11.9 Å². The van der Waals surface area contributed by atoms with E-state index >= 15 is 0 Å². The predicted octanol–water partition coefficient (Wildman–Crippen LogP) is 2.43. The Morgan fingerprint density at radius 2 is 2.16 bits per heavy atom. The lowest BCUT2D eigenvalue weighted by atomic mass is 9.96. The molecule has 0 fully saturated rings. The Morgan fingerprint density at radius 1 is 1.47 bits per heavy atom. The van der Waals surface area contributed by atoms with Crippen LogP contribution in [0.2, 0.25) is 0 Å². The molecule has 1 amide bonds. The van der Waals surface area contributed by atoms with Crippen molar-refractivity contribution in [3.63, 3.8) is 0 Å². The van der Waals surface area contributed by atoms with E-state index in [1.165, 1.54) is 0 Å². The van der Waals surface area contributed by atoms with Crippen molar-refractivity contribution in [3.05, 3.63) is 29.3 Å². The first-order valence-corrected chi connectivity index (χ1v) is 6.50. The maximum Gasteiger partial charge on any atom is 0.228 e. The third-order valence-electron chi connectivity index (χ3n) is 3.05. The zero-order valence-corrected chi connectivity index (χ0v) is 11.7. The second kappa shape index (κ2) is 6.91. The summed E-state index contributed by atoms with van der Waals surface area (Å²) in [4.78, 5) is 12.2. The summed E-state index contributed by atoms with van der Waals surface area (Å²) in [5.74, 6) is 0.0811. The van der Waals surface area contributed by atoms with E-state index in [4.69, 9.17) is 11.0 Å². The number of anilines is 1. The van der Waals surface area contributed by atoms with Gasteiger partial charge in [-0.1, -0.05) is 26.0 Å². The number of hydrogen-bond donors (Lipinski definition) is 2. The molecule has 0 spiro atoms. The van der Waals surface area contributed by atoms with Gasteiger partial charge in [0.05, 0.1) is 17.2 Å². The number of benzene rings is 1. The third kappa shape index (κ3) is 4.08. The highest BCUT2D eigenvalue weighted by Crippen LogP contribution is 2.20. The Bertz CT molecular complexity index is 489. The topological polar surface area (TPSA) is 78.9 Å². The fraction of sp³-hybridized carbons (Fsp3) is 0.467. The Hall–Kier alpha value is -1.86. The van der Waals surface area contributed by atoms with Crippen molar-refractivity contribution in [1.29, 1.82) is 5.26 Å². The summed E-state index contributed by atoms with van der Waals surface area (Å²) in [5, 5.41) is 11.9. The minimum Gasteiger partial charge on any atom is -0.330 e. The highest BCUT2D eigenvalue weighted by molar-refractivity contribution is 5.94. The van der Waals surface area contributed by atoms with Gasteiger partial charge in [0.25, 0.3) is 0 Å². The molecule has 19 heavy (non-hydrogen) atoms. The van der Waals surface area contributed by atoms with E-state index < -0.39 is 0 Å². The second-order valence-electron chi connectivity index (χ2n) is 5.16. The fourth-order valence-corrected chi connectivity index (χ4v) is 2.03. The van der Waals surface area contributed by atoms with Crippen LogP contribution in [0, 0.1) is 30.1 Å². The number of nitrogens with two attached hydrogens (primary N) is 1. The van der Waals surface area contributed by atoms with Gasteiger partial charge in [0.2, 0.25) is 5.91 Å². The number of hydrogen-bond acceptors (Lipinski definition) is 3. The minimum absolute atomic E-state index is 0.113. The summed E-state index contributed by atoms with van der Waals surface area (Å²) in [6.45, 7) is 6.28. The molecule has 0 aliphatic carbocycles. The van der Waals surface area contributed by atoms with E-state index in [9.17, 15) is 4.79 Å². The number of nitrogens with one attached hydrogen (secondary N) is 1. The van der Waals surface area contributed by atoms with Crippen molar-refractivity contribution in [1.82, 2.24) is 0 Å². The summed E-state index contributed by atoms with van der Waals surface area (Å²) in [6.07, 6.45) is 0.746. The molecule has 1 aromatic carbocycles. The third-order valence-corrected chi connectivity index (χ3v) is 3.05. The van der Waals surface area contributed by atoms with Gasteiger partial charge in [-0.05, 0) is 30.9 Å². The van der Waals surface area contributed by atoms with Crippen LogP contribution in [0.25, 0.3) is 0 Å². The Morgan fingerprint density at radius 3 is 2.68 bits per heavy atom. The molecule has 1 rings (SSSR count). The molecule has 4 heteroatoms. The van der Waals surface area contributed by atoms with Gasteiger partial charge < -0.3 is 11.1 Å². The van der Waals surface area contributed by atoms with Gasteiger partial charge in [0.15, 0.2) is 0 Å². The van der Waals surface area contributed by atoms with Gasteiger partial charge in [-0.2, -0.15) is 5.26 Å². The SMILES string of the molecule is Cc1cccc(NC(=O)C(CN)CC(C)C)c1C#N. The van der Waals surface area contributed by atoms with Gasteiger partial charge in [-0.15, -0.1) is 0 Å². The lowest BCUT2D eigenvalue weighted by molar-refractivity contribution is -0.120. The van der Waals surface area contributed by atoms with E-state index in [1.807, 2.05) is 19.1 Å². The molecule has 0 aliphatic heterocycles. The molecule has 1 unspecified atom stereocenters. The van der Waals surface area contributed by atoms with Crippen molar-refractivity contribution in [2.24, 2.45) is 17.6 Å². The number of amides is 1. The number of nitriles is 1. The first-order valence-electron chi connectivity index (χ1n) is 6.50. The number of carbonyl (C=O) groups excluding carboxylic acids is 1.